The summed E-state index contributed by atoms with van der Waals surface area (Å²) in [4.78, 5) is 14.9. The average Bonchev–Trinajstić information content (AvgIpc) is 2.68. The standard InChI is InChI=1S/C21H25Cl2N3O3S/c1-30(28,29)26(20-4-2-3-18(23)13-20)15-21(27)24-19-9-11-25(12-10-19)14-16-5-7-17(22)8-6-16/h2-8,13,19H,9-12,14-15H2,1H3,(H,24,27). The van der Waals surface area contributed by atoms with Gasteiger partial charge in [0.05, 0.1) is 11.9 Å². The molecule has 2 aromatic carbocycles. The molecule has 2 aromatic rings. The number of halogens is 2. The first kappa shape index (κ1) is 22.9. The van der Waals surface area contributed by atoms with Crippen LogP contribution < -0.4 is 9.62 Å². The smallest absolute Gasteiger partial charge is 0.240 e. The molecule has 1 heterocycles. The van der Waals surface area contributed by atoms with Crippen molar-refractivity contribution < 1.29 is 13.2 Å². The van der Waals surface area contributed by atoms with E-state index in [4.69, 9.17) is 23.2 Å². The zero-order chi connectivity index (χ0) is 21.7. The number of piperidine rings is 1. The maximum absolute atomic E-state index is 12.6. The van der Waals surface area contributed by atoms with Gasteiger partial charge in [0.2, 0.25) is 15.9 Å². The summed E-state index contributed by atoms with van der Waals surface area (Å²) in [5.41, 5.74) is 1.57. The SMILES string of the molecule is CS(=O)(=O)N(CC(=O)NC1CCN(Cc2ccc(Cl)cc2)CC1)c1cccc(Cl)c1. The Kier molecular flexibility index (Phi) is 7.63. The number of nitrogens with zero attached hydrogens (tertiary/aromatic N) is 2. The summed E-state index contributed by atoms with van der Waals surface area (Å²) in [6.07, 6.45) is 2.71. The molecule has 1 aliphatic heterocycles. The minimum atomic E-state index is -3.62. The predicted octanol–water partition coefficient (Wildman–Crippen LogP) is 3.54. The van der Waals surface area contributed by atoms with Crippen LogP contribution >= 0.6 is 23.2 Å². The number of anilines is 1. The van der Waals surface area contributed by atoms with E-state index in [0.717, 1.165) is 48.1 Å². The first-order valence-corrected chi connectivity index (χ1v) is 12.3. The van der Waals surface area contributed by atoms with E-state index in [2.05, 4.69) is 10.2 Å². The van der Waals surface area contributed by atoms with Crippen LogP contribution in [0.4, 0.5) is 5.69 Å². The zero-order valence-corrected chi connectivity index (χ0v) is 19.1. The predicted molar refractivity (Wildman–Crippen MR) is 122 cm³/mol. The maximum atomic E-state index is 12.6. The quantitative estimate of drug-likeness (QED) is 0.672. The van der Waals surface area contributed by atoms with Crippen molar-refractivity contribution in [2.24, 2.45) is 0 Å². The van der Waals surface area contributed by atoms with E-state index in [-0.39, 0.29) is 18.5 Å². The number of amides is 1. The maximum Gasteiger partial charge on any atom is 0.240 e. The van der Waals surface area contributed by atoms with Crippen molar-refractivity contribution in [1.29, 1.82) is 0 Å². The van der Waals surface area contributed by atoms with E-state index in [1.807, 2.05) is 24.3 Å². The Balaban J connectivity index is 1.52. The molecule has 162 valence electrons. The van der Waals surface area contributed by atoms with Crippen LogP contribution in [0.25, 0.3) is 0 Å². The number of sulfonamides is 1. The summed E-state index contributed by atoms with van der Waals surface area (Å²) in [5.74, 6) is -0.323. The van der Waals surface area contributed by atoms with Gasteiger partial charge in [0.1, 0.15) is 6.54 Å². The average molecular weight is 470 g/mol. The number of carbonyl (C=O) groups excluding carboxylic acids is 1. The molecular formula is C21H25Cl2N3O3S. The number of benzene rings is 2. The van der Waals surface area contributed by atoms with Gasteiger partial charge >= 0.3 is 0 Å². The molecule has 0 unspecified atom stereocenters. The van der Waals surface area contributed by atoms with E-state index in [9.17, 15) is 13.2 Å². The molecule has 1 aliphatic rings. The molecule has 0 aromatic heterocycles. The van der Waals surface area contributed by atoms with Crippen molar-refractivity contribution in [3.8, 4) is 0 Å². The van der Waals surface area contributed by atoms with Crippen LogP contribution in [0.5, 0.6) is 0 Å². The Morgan fingerprint density at radius 1 is 1.10 bits per heavy atom. The van der Waals surface area contributed by atoms with Crippen LogP contribution in [0, 0.1) is 0 Å². The minimum Gasteiger partial charge on any atom is -0.352 e. The summed E-state index contributed by atoms with van der Waals surface area (Å²) in [6, 6.07) is 14.3. The van der Waals surface area contributed by atoms with Gasteiger partial charge in [0.15, 0.2) is 0 Å². The van der Waals surface area contributed by atoms with Crippen molar-refractivity contribution in [3.05, 3.63) is 64.1 Å². The number of carbonyl (C=O) groups is 1. The van der Waals surface area contributed by atoms with Gasteiger partial charge in [-0.1, -0.05) is 41.4 Å². The first-order chi connectivity index (χ1) is 14.2. The van der Waals surface area contributed by atoms with E-state index in [0.29, 0.717) is 10.7 Å². The van der Waals surface area contributed by atoms with Crippen LogP contribution in [0.15, 0.2) is 48.5 Å². The van der Waals surface area contributed by atoms with E-state index in [1.165, 1.54) is 11.6 Å². The monoisotopic (exact) mass is 469 g/mol. The van der Waals surface area contributed by atoms with Crippen molar-refractivity contribution in [1.82, 2.24) is 10.2 Å². The Morgan fingerprint density at radius 2 is 1.77 bits per heavy atom. The first-order valence-electron chi connectivity index (χ1n) is 9.70. The summed E-state index contributed by atoms with van der Waals surface area (Å²) in [7, 11) is -3.62. The molecule has 0 radical (unpaired) electrons. The van der Waals surface area contributed by atoms with Crippen LogP contribution in [0.3, 0.4) is 0 Å². The molecule has 0 aliphatic carbocycles. The highest BCUT2D eigenvalue weighted by Crippen LogP contribution is 2.22. The highest BCUT2D eigenvalue weighted by molar-refractivity contribution is 7.92. The van der Waals surface area contributed by atoms with Gasteiger partial charge in [-0.25, -0.2) is 8.42 Å². The number of rotatable bonds is 7. The fourth-order valence-corrected chi connectivity index (χ4v) is 4.68. The third-order valence-corrected chi connectivity index (χ3v) is 6.68. The lowest BCUT2D eigenvalue weighted by Gasteiger charge is -2.33. The third kappa shape index (κ3) is 6.60. The summed E-state index contributed by atoms with van der Waals surface area (Å²) >= 11 is 11.9. The topological polar surface area (TPSA) is 69.7 Å². The fourth-order valence-electron chi connectivity index (χ4n) is 3.52. The van der Waals surface area contributed by atoms with Crippen molar-refractivity contribution in [2.45, 2.75) is 25.4 Å². The molecular weight excluding hydrogens is 445 g/mol. The molecule has 0 saturated carbocycles. The lowest BCUT2D eigenvalue weighted by atomic mass is 10.0. The second-order valence-electron chi connectivity index (χ2n) is 7.49. The Bertz CT molecular complexity index is 975. The van der Waals surface area contributed by atoms with Gasteiger partial charge in [0.25, 0.3) is 0 Å². The number of nitrogens with one attached hydrogen (secondary N) is 1. The van der Waals surface area contributed by atoms with Crippen LogP contribution in [-0.2, 0) is 21.4 Å². The van der Waals surface area contributed by atoms with Crippen molar-refractivity contribution in [3.63, 3.8) is 0 Å². The Morgan fingerprint density at radius 3 is 2.37 bits per heavy atom. The van der Waals surface area contributed by atoms with Gasteiger partial charge in [-0.2, -0.15) is 0 Å². The second kappa shape index (κ2) is 10.0. The van der Waals surface area contributed by atoms with Gasteiger partial charge in [-0.05, 0) is 48.7 Å². The van der Waals surface area contributed by atoms with E-state index in [1.54, 1.807) is 18.2 Å². The highest BCUT2D eigenvalue weighted by Gasteiger charge is 2.25. The van der Waals surface area contributed by atoms with E-state index < -0.39 is 10.0 Å². The zero-order valence-electron chi connectivity index (χ0n) is 16.7. The van der Waals surface area contributed by atoms with Gasteiger partial charge in [-0.15, -0.1) is 0 Å². The number of hydrogen-bond donors (Lipinski definition) is 1. The Hall–Kier alpha value is -1.80. The largest absolute Gasteiger partial charge is 0.352 e. The number of likely N-dealkylation sites (tertiary alicyclic amines) is 1. The van der Waals surface area contributed by atoms with Crippen LogP contribution in [-0.4, -0.2) is 51.2 Å². The van der Waals surface area contributed by atoms with Gasteiger partial charge in [-0.3, -0.25) is 14.0 Å². The highest BCUT2D eigenvalue weighted by atomic mass is 35.5. The molecule has 1 fully saturated rings. The normalized spacial score (nSPS) is 15.7. The molecule has 3 rings (SSSR count). The number of hydrogen-bond acceptors (Lipinski definition) is 4. The molecule has 1 N–H and O–H groups in total. The molecule has 1 amide bonds. The fraction of sp³-hybridized carbons (Fsp3) is 0.381. The molecule has 1 saturated heterocycles. The third-order valence-electron chi connectivity index (χ3n) is 5.06. The Labute approximate surface area is 187 Å². The lowest BCUT2D eigenvalue weighted by Crippen LogP contribution is -2.48. The summed E-state index contributed by atoms with van der Waals surface area (Å²) < 4.78 is 25.5. The summed E-state index contributed by atoms with van der Waals surface area (Å²) in [5, 5.41) is 4.11. The van der Waals surface area contributed by atoms with Crippen LogP contribution in [0.1, 0.15) is 18.4 Å². The molecule has 0 atom stereocenters. The van der Waals surface area contributed by atoms with Gasteiger partial charge in [0, 0.05) is 35.7 Å². The van der Waals surface area contributed by atoms with E-state index >= 15 is 0 Å². The summed E-state index contributed by atoms with van der Waals surface area (Å²) in [6.45, 7) is 2.29. The second-order valence-corrected chi connectivity index (χ2v) is 10.3. The van der Waals surface area contributed by atoms with Crippen LogP contribution in [0.2, 0.25) is 10.0 Å². The molecule has 9 heteroatoms. The molecule has 6 nitrogen and oxygen atoms in total. The molecule has 0 spiro atoms. The lowest BCUT2D eigenvalue weighted by molar-refractivity contribution is -0.120. The van der Waals surface area contributed by atoms with Crippen molar-refractivity contribution in [2.75, 3.05) is 30.2 Å². The minimum absolute atomic E-state index is 0.0275. The molecule has 0 bridgehead atoms. The van der Waals surface area contributed by atoms with Gasteiger partial charge < -0.3 is 5.32 Å². The molecule has 30 heavy (non-hydrogen) atoms. The van der Waals surface area contributed by atoms with Crippen molar-refractivity contribution >= 4 is 44.8 Å².